The van der Waals surface area contributed by atoms with E-state index >= 15 is 0 Å². The molecule has 3 N–H and O–H groups in total. The van der Waals surface area contributed by atoms with E-state index in [2.05, 4.69) is 5.32 Å². The Labute approximate surface area is 129 Å². The molecule has 0 spiro atoms. The molecule has 2 rings (SSSR count). The van der Waals surface area contributed by atoms with E-state index in [0.717, 1.165) is 19.3 Å². The van der Waals surface area contributed by atoms with Crippen molar-refractivity contribution in [3.63, 3.8) is 0 Å². The van der Waals surface area contributed by atoms with Gasteiger partial charge in [-0.05, 0) is 37.4 Å². The predicted octanol–water partition coefficient (Wildman–Crippen LogP) is 3.27. The summed E-state index contributed by atoms with van der Waals surface area (Å²) in [4.78, 5) is 12.2. The van der Waals surface area contributed by atoms with Crippen molar-refractivity contribution in [1.82, 2.24) is 5.32 Å². The maximum absolute atomic E-state index is 12.2. The number of benzene rings is 1. The van der Waals surface area contributed by atoms with E-state index in [9.17, 15) is 4.79 Å². The van der Waals surface area contributed by atoms with E-state index < -0.39 is 0 Å². The van der Waals surface area contributed by atoms with Gasteiger partial charge in [0.15, 0.2) is 0 Å². The van der Waals surface area contributed by atoms with Crippen LogP contribution in [0.4, 0.5) is 0 Å². The third-order valence-corrected chi connectivity index (χ3v) is 4.10. The van der Waals surface area contributed by atoms with Crippen LogP contribution in [0.5, 0.6) is 0 Å². The van der Waals surface area contributed by atoms with Crippen LogP contribution in [0.15, 0.2) is 18.2 Å². The second kappa shape index (κ2) is 7.34. The molecule has 1 aliphatic rings. The lowest BCUT2D eigenvalue weighted by atomic mass is 10.0. The summed E-state index contributed by atoms with van der Waals surface area (Å²) in [6.45, 7) is 0.598. The number of nitrogens with two attached hydrogens (primary N) is 1. The van der Waals surface area contributed by atoms with E-state index in [-0.39, 0.29) is 24.4 Å². The Kier molecular flexibility index (Phi) is 6.40. The maximum Gasteiger partial charge on any atom is 0.254 e. The van der Waals surface area contributed by atoms with Crippen LogP contribution in [-0.2, 0) is 0 Å². The van der Waals surface area contributed by atoms with Crippen LogP contribution in [0.1, 0.15) is 29.6 Å². The molecular formula is C13H17Cl3N2O. The van der Waals surface area contributed by atoms with Gasteiger partial charge in [-0.25, -0.2) is 0 Å². The number of halogens is 3. The summed E-state index contributed by atoms with van der Waals surface area (Å²) < 4.78 is 0. The molecule has 3 nitrogen and oxygen atoms in total. The molecule has 0 bridgehead atoms. The molecule has 6 heteroatoms. The van der Waals surface area contributed by atoms with Crippen molar-refractivity contribution < 1.29 is 4.79 Å². The fourth-order valence-corrected chi connectivity index (χ4v) is 3.03. The van der Waals surface area contributed by atoms with Gasteiger partial charge >= 0.3 is 0 Å². The molecule has 1 aromatic carbocycles. The Balaban J connectivity index is 0.00000180. The van der Waals surface area contributed by atoms with Gasteiger partial charge in [0, 0.05) is 6.04 Å². The minimum absolute atomic E-state index is 0. The minimum Gasteiger partial charge on any atom is -0.349 e. The van der Waals surface area contributed by atoms with Gasteiger partial charge in [0.25, 0.3) is 5.91 Å². The van der Waals surface area contributed by atoms with Crippen LogP contribution in [0.3, 0.4) is 0 Å². The van der Waals surface area contributed by atoms with Crippen LogP contribution >= 0.6 is 35.6 Å². The molecule has 1 amide bonds. The van der Waals surface area contributed by atoms with Gasteiger partial charge in [-0.1, -0.05) is 35.7 Å². The van der Waals surface area contributed by atoms with Gasteiger partial charge in [0.2, 0.25) is 0 Å². The first kappa shape index (κ1) is 16.6. The lowest BCUT2D eigenvalue weighted by Gasteiger charge is -2.20. The van der Waals surface area contributed by atoms with Crippen LogP contribution < -0.4 is 11.1 Å². The highest BCUT2D eigenvalue weighted by molar-refractivity contribution is 6.39. The highest BCUT2D eigenvalue weighted by Gasteiger charge is 2.28. The van der Waals surface area contributed by atoms with E-state index in [1.165, 1.54) is 0 Å². The molecule has 2 atom stereocenters. The lowest BCUT2D eigenvalue weighted by molar-refractivity contribution is 0.0929. The van der Waals surface area contributed by atoms with Gasteiger partial charge in [-0.2, -0.15) is 0 Å². The largest absolute Gasteiger partial charge is 0.349 e. The zero-order chi connectivity index (χ0) is 13.1. The second-order valence-corrected chi connectivity index (χ2v) is 5.42. The summed E-state index contributed by atoms with van der Waals surface area (Å²) in [6, 6.07) is 5.18. The van der Waals surface area contributed by atoms with E-state index in [4.69, 9.17) is 28.9 Å². The molecule has 1 saturated carbocycles. The third-order valence-electron chi connectivity index (χ3n) is 3.47. The number of hydrogen-bond donors (Lipinski definition) is 2. The third kappa shape index (κ3) is 3.76. The van der Waals surface area contributed by atoms with Crippen molar-refractivity contribution in [1.29, 1.82) is 0 Å². The first-order valence-corrected chi connectivity index (χ1v) is 6.84. The maximum atomic E-state index is 12.2. The van der Waals surface area contributed by atoms with Crippen LogP contribution in [-0.4, -0.2) is 18.5 Å². The summed E-state index contributed by atoms with van der Waals surface area (Å²) in [5.41, 5.74) is 6.05. The van der Waals surface area contributed by atoms with Gasteiger partial charge in [-0.3, -0.25) is 4.79 Å². The summed E-state index contributed by atoms with van der Waals surface area (Å²) >= 11 is 12.0. The Morgan fingerprint density at radius 1 is 1.32 bits per heavy atom. The van der Waals surface area contributed by atoms with Gasteiger partial charge in [0.05, 0.1) is 15.6 Å². The molecule has 2 unspecified atom stereocenters. The molecule has 1 fully saturated rings. The molecule has 0 saturated heterocycles. The second-order valence-electron chi connectivity index (χ2n) is 4.60. The summed E-state index contributed by atoms with van der Waals surface area (Å²) in [5.74, 6) is 0.145. The normalized spacial score (nSPS) is 21.8. The van der Waals surface area contributed by atoms with Gasteiger partial charge in [-0.15, -0.1) is 12.4 Å². The fourth-order valence-electron chi connectivity index (χ4n) is 2.46. The van der Waals surface area contributed by atoms with Gasteiger partial charge in [0.1, 0.15) is 0 Å². The molecule has 19 heavy (non-hydrogen) atoms. The molecule has 0 heterocycles. The monoisotopic (exact) mass is 322 g/mol. The van der Waals surface area contributed by atoms with Crippen LogP contribution in [0, 0.1) is 5.92 Å². The standard InChI is InChI=1S/C13H16Cl2N2O.ClH/c14-9-4-2-5-10(15)12(9)13(18)17-11-6-1-3-8(11)7-16;/h2,4-5,8,11H,1,3,6-7,16H2,(H,17,18);1H. The summed E-state index contributed by atoms with van der Waals surface area (Å²) in [7, 11) is 0. The van der Waals surface area contributed by atoms with Crippen molar-refractivity contribution in [3.05, 3.63) is 33.8 Å². The van der Waals surface area contributed by atoms with Crippen molar-refractivity contribution in [3.8, 4) is 0 Å². The summed E-state index contributed by atoms with van der Waals surface area (Å²) in [5, 5.41) is 3.74. The minimum atomic E-state index is -0.212. The van der Waals surface area contributed by atoms with E-state index in [1.54, 1.807) is 18.2 Å². The Morgan fingerprint density at radius 3 is 2.53 bits per heavy atom. The number of amides is 1. The van der Waals surface area contributed by atoms with E-state index in [1.807, 2.05) is 0 Å². The molecule has 106 valence electrons. The SMILES string of the molecule is Cl.NCC1CCCC1NC(=O)c1c(Cl)cccc1Cl. The zero-order valence-corrected chi connectivity index (χ0v) is 12.7. The topological polar surface area (TPSA) is 55.1 Å². The van der Waals surface area contributed by atoms with Crippen molar-refractivity contribution in [2.24, 2.45) is 11.7 Å². The molecular weight excluding hydrogens is 307 g/mol. The zero-order valence-electron chi connectivity index (χ0n) is 10.4. The van der Waals surface area contributed by atoms with Crippen molar-refractivity contribution in [2.75, 3.05) is 6.54 Å². The number of carbonyl (C=O) groups excluding carboxylic acids is 1. The molecule has 1 aliphatic carbocycles. The number of rotatable bonds is 3. The average Bonchev–Trinajstić information content (AvgIpc) is 2.76. The highest BCUT2D eigenvalue weighted by atomic mass is 35.5. The Hall–Kier alpha value is -0.480. The summed E-state index contributed by atoms with van der Waals surface area (Å²) in [6.07, 6.45) is 3.14. The van der Waals surface area contributed by atoms with Gasteiger partial charge < -0.3 is 11.1 Å². The first-order chi connectivity index (χ1) is 8.63. The Morgan fingerprint density at radius 2 is 1.95 bits per heavy atom. The smallest absolute Gasteiger partial charge is 0.254 e. The lowest BCUT2D eigenvalue weighted by Crippen LogP contribution is -2.40. The molecule has 0 aromatic heterocycles. The van der Waals surface area contributed by atoms with E-state index in [0.29, 0.717) is 28.1 Å². The quantitative estimate of drug-likeness (QED) is 0.897. The number of carbonyl (C=O) groups is 1. The van der Waals surface area contributed by atoms with Crippen LogP contribution in [0.2, 0.25) is 10.0 Å². The Bertz CT molecular complexity index is 433. The van der Waals surface area contributed by atoms with Crippen molar-refractivity contribution in [2.45, 2.75) is 25.3 Å². The highest BCUT2D eigenvalue weighted by Crippen LogP contribution is 2.27. The van der Waals surface area contributed by atoms with Crippen molar-refractivity contribution >= 4 is 41.5 Å². The number of hydrogen-bond acceptors (Lipinski definition) is 2. The predicted molar refractivity (Wildman–Crippen MR) is 81.4 cm³/mol. The first-order valence-electron chi connectivity index (χ1n) is 6.08. The molecule has 0 aliphatic heterocycles. The average molecular weight is 324 g/mol. The fraction of sp³-hybridized carbons (Fsp3) is 0.462. The molecule has 0 radical (unpaired) electrons. The number of nitrogens with one attached hydrogen (secondary N) is 1. The van der Waals surface area contributed by atoms with Crippen LogP contribution in [0.25, 0.3) is 0 Å². The molecule has 1 aromatic rings.